The van der Waals surface area contributed by atoms with Crippen LogP contribution in [0, 0.1) is 0 Å². The van der Waals surface area contributed by atoms with Crippen LogP contribution in [0.5, 0.6) is 0 Å². The van der Waals surface area contributed by atoms with Gasteiger partial charge in [0.2, 0.25) is 0 Å². The first-order chi connectivity index (χ1) is 22.5. The number of ether oxygens (including phenoxy) is 3. The molecule has 0 saturated carbocycles. The van der Waals surface area contributed by atoms with Gasteiger partial charge in [-0.2, -0.15) is 0 Å². The predicted molar refractivity (Wildman–Crippen MR) is 224 cm³/mol. The van der Waals surface area contributed by atoms with Gasteiger partial charge in [0.25, 0.3) is 0 Å². The highest BCUT2D eigenvalue weighted by molar-refractivity contribution is 6.72. The Bertz CT molecular complexity index is 1070. The van der Waals surface area contributed by atoms with Gasteiger partial charge in [0.1, 0.15) is 48.8 Å². The summed E-state index contributed by atoms with van der Waals surface area (Å²) in [7, 11) is -14.9. The van der Waals surface area contributed by atoms with Crippen LogP contribution in [0.1, 0.15) is 0 Å². The summed E-state index contributed by atoms with van der Waals surface area (Å²) in [5.41, 5.74) is 0. The second-order valence-electron chi connectivity index (χ2n) is 21.0. The molecule has 0 aliphatic carbocycles. The number of hydrogen-bond donors (Lipinski definition) is 1. The number of aliphatic hydroxyl groups excluding tert-OH is 1. The molecule has 2 rings (SSSR count). The fraction of sp³-hybridized carbons (Fsp3) is 1.00. The smallest absolute Gasteiger partial charge is 0.186 e. The molecule has 0 amide bonds. The molecule has 18 heteroatoms. The van der Waals surface area contributed by atoms with Crippen LogP contribution in [0.25, 0.3) is 0 Å². The van der Waals surface area contributed by atoms with Crippen LogP contribution < -0.4 is 0 Å². The summed E-state index contributed by atoms with van der Waals surface area (Å²) in [6.07, 6.45) is -6.86. The van der Waals surface area contributed by atoms with Crippen molar-refractivity contribution in [3.8, 4) is 0 Å². The molecule has 0 aromatic carbocycles. The van der Waals surface area contributed by atoms with E-state index in [1.807, 2.05) is 0 Å². The predicted octanol–water partition coefficient (Wildman–Crippen LogP) is 7.62. The lowest BCUT2D eigenvalue weighted by molar-refractivity contribution is -0.346. The maximum Gasteiger partial charge on any atom is 0.186 e. The molecule has 2 heterocycles. The molecule has 1 N–H and O–H groups in total. The van der Waals surface area contributed by atoms with Crippen LogP contribution >= 0.6 is 0 Å². The monoisotopic (exact) mass is 846 g/mol. The number of hydrogen-bond acceptors (Lipinski definition) is 11. The van der Waals surface area contributed by atoms with E-state index in [4.69, 9.17) is 45.2 Å². The Morgan fingerprint density at radius 3 is 1.06 bits per heavy atom. The van der Waals surface area contributed by atoms with E-state index in [2.05, 4.69) is 137 Å². The molecule has 2 aliphatic rings. The van der Waals surface area contributed by atoms with Crippen LogP contribution in [0.15, 0.2) is 0 Å². The van der Waals surface area contributed by atoms with Crippen LogP contribution in [-0.2, 0) is 45.2 Å². The van der Waals surface area contributed by atoms with Gasteiger partial charge in [-0.15, -0.1) is 0 Å². The highest BCUT2D eigenvalue weighted by Crippen LogP contribution is 2.38. The molecule has 1 unspecified atom stereocenters. The molecular formula is C33H78O11Si7. The minimum absolute atomic E-state index is 0.229. The summed E-state index contributed by atoms with van der Waals surface area (Å²) in [6, 6.07) is 0. The standard InChI is InChI=1S/C33H78O11Si7/c1-45(2,3)35-22-24-26(28(41-48(10,11)12)30(32(34)37-24)43-50(16,17)18)39-33-31(44-51(19,20)21)29(42-49(13,14)15)27(40-47(7,8)9)25(38-33)23-36-46(4,5)6/h24-34H,22-23H2,1-21H3/t24-,25-,26-,27-,28+,29+,30-,31-,32?,33-/m1/s1. The molecule has 2 saturated heterocycles. The molecule has 0 aromatic rings. The van der Waals surface area contributed by atoms with Crippen molar-refractivity contribution in [1.29, 1.82) is 0 Å². The molecule has 0 aromatic heterocycles. The van der Waals surface area contributed by atoms with E-state index in [0.29, 0.717) is 6.61 Å². The average molecular weight is 848 g/mol. The molecule has 2 fully saturated rings. The Kier molecular flexibility index (Phi) is 16.7. The molecule has 0 spiro atoms. The van der Waals surface area contributed by atoms with Gasteiger partial charge in [0.05, 0.1) is 13.2 Å². The van der Waals surface area contributed by atoms with Crippen LogP contribution in [0.4, 0.5) is 0 Å². The minimum atomic E-state index is -2.23. The zero-order chi connectivity index (χ0) is 39.8. The van der Waals surface area contributed by atoms with Gasteiger partial charge in [-0.3, -0.25) is 0 Å². The molecule has 10 atom stereocenters. The molecule has 0 radical (unpaired) electrons. The Labute approximate surface area is 319 Å². The highest BCUT2D eigenvalue weighted by atomic mass is 28.4. The Hall–Kier alpha value is 1.08. The van der Waals surface area contributed by atoms with Gasteiger partial charge in [0.15, 0.2) is 70.8 Å². The van der Waals surface area contributed by atoms with Gasteiger partial charge in [-0.05, 0) is 137 Å². The SMILES string of the molecule is C[Si](C)(C)OC[C@H]1O[C@H](O[C@H]2[C@H](O[Si](C)(C)C)[C@@H](O[Si](C)(C)C)C(O)O[C@@H]2CO[Si](C)(C)C)[C@H](O[Si](C)(C)C)[C@@H](O[Si](C)(C)C)[C@@H]1O[Si](C)(C)C. The largest absolute Gasteiger partial charge is 0.415 e. The molecule has 0 bridgehead atoms. The van der Waals surface area contributed by atoms with E-state index in [1.165, 1.54) is 0 Å². The van der Waals surface area contributed by atoms with E-state index < -0.39 is 120 Å². The quantitative estimate of drug-likeness (QED) is 0.138. The van der Waals surface area contributed by atoms with Crippen LogP contribution in [0.2, 0.25) is 137 Å². The summed E-state index contributed by atoms with van der Waals surface area (Å²) in [4.78, 5) is 0. The van der Waals surface area contributed by atoms with E-state index in [-0.39, 0.29) is 6.61 Å². The highest BCUT2D eigenvalue weighted by Gasteiger charge is 2.56. The summed E-state index contributed by atoms with van der Waals surface area (Å²) >= 11 is 0. The molecule has 51 heavy (non-hydrogen) atoms. The average Bonchev–Trinajstić information content (AvgIpc) is 2.84. The molecule has 304 valence electrons. The van der Waals surface area contributed by atoms with Gasteiger partial charge >= 0.3 is 0 Å². The zero-order valence-corrected chi connectivity index (χ0v) is 43.2. The van der Waals surface area contributed by atoms with Crippen molar-refractivity contribution in [2.45, 2.75) is 199 Å². The second-order valence-corrected chi connectivity index (χ2v) is 52.4. The lowest BCUT2D eigenvalue weighted by atomic mass is 9.97. The van der Waals surface area contributed by atoms with Crippen molar-refractivity contribution in [3.05, 3.63) is 0 Å². The van der Waals surface area contributed by atoms with Crippen LogP contribution in [-0.4, -0.2) is 138 Å². The fourth-order valence-electron chi connectivity index (χ4n) is 5.84. The maximum absolute atomic E-state index is 11.5. The topological polar surface area (TPSA) is 113 Å². The first-order valence-electron chi connectivity index (χ1n) is 18.8. The van der Waals surface area contributed by atoms with E-state index in [0.717, 1.165) is 0 Å². The van der Waals surface area contributed by atoms with Crippen molar-refractivity contribution in [3.63, 3.8) is 0 Å². The summed E-state index contributed by atoms with van der Waals surface area (Å²) in [6.45, 7) is 45.9. The Balaban J connectivity index is 2.83. The van der Waals surface area contributed by atoms with Crippen molar-refractivity contribution in [2.24, 2.45) is 0 Å². The van der Waals surface area contributed by atoms with Crippen molar-refractivity contribution < 1.29 is 50.3 Å². The first-order valence-corrected chi connectivity index (χ1v) is 42.7. The maximum atomic E-state index is 11.5. The normalized spacial score (nSPS) is 32.4. The third-order valence-electron chi connectivity index (χ3n) is 7.30. The van der Waals surface area contributed by atoms with Crippen molar-refractivity contribution >= 4 is 58.2 Å². The Morgan fingerprint density at radius 2 is 0.686 bits per heavy atom. The summed E-state index contributed by atoms with van der Waals surface area (Å²) in [5, 5.41) is 11.5. The third kappa shape index (κ3) is 18.3. The zero-order valence-electron chi connectivity index (χ0n) is 36.2. The molecule has 2 aliphatic heterocycles. The molecule has 11 nitrogen and oxygen atoms in total. The van der Waals surface area contributed by atoms with Gasteiger partial charge in [-0.25, -0.2) is 0 Å². The lowest BCUT2D eigenvalue weighted by Crippen LogP contribution is -2.69. The van der Waals surface area contributed by atoms with E-state index in [9.17, 15) is 5.11 Å². The second kappa shape index (κ2) is 17.7. The van der Waals surface area contributed by atoms with Gasteiger partial charge in [0, 0.05) is 0 Å². The van der Waals surface area contributed by atoms with E-state index in [1.54, 1.807) is 0 Å². The first kappa shape index (κ1) is 48.2. The Morgan fingerprint density at radius 1 is 0.373 bits per heavy atom. The third-order valence-corrected chi connectivity index (χ3v) is 14.3. The van der Waals surface area contributed by atoms with Crippen LogP contribution in [0.3, 0.4) is 0 Å². The van der Waals surface area contributed by atoms with E-state index >= 15 is 0 Å². The van der Waals surface area contributed by atoms with Gasteiger partial charge < -0.3 is 50.3 Å². The number of rotatable bonds is 18. The number of aliphatic hydroxyl groups is 1. The van der Waals surface area contributed by atoms with Gasteiger partial charge in [-0.1, -0.05) is 0 Å². The molecular weight excluding hydrogens is 769 g/mol. The summed E-state index contributed by atoms with van der Waals surface area (Å²) < 4.78 is 68.5. The minimum Gasteiger partial charge on any atom is -0.415 e. The fourth-order valence-corrected chi connectivity index (χ4v) is 12.6. The lowest BCUT2D eigenvalue weighted by Gasteiger charge is -2.53. The van der Waals surface area contributed by atoms with Crippen molar-refractivity contribution in [2.75, 3.05) is 13.2 Å². The summed E-state index contributed by atoms with van der Waals surface area (Å²) in [5.74, 6) is 0. The van der Waals surface area contributed by atoms with Crippen molar-refractivity contribution in [1.82, 2.24) is 0 Å².